The van der Waals surface area contributed by atoms with Crippen LogP contribution in [0.15, 0.2) is 30.3 Å². The van der Waals surface area contributed by atoms with Crippen molar-refractivity contribution in [2.75, 3.05) is 27.2 Å². The zero-order valence-corrected chi connectivity index (χ0v) is 33.1. The number of amides is 1. The number of nitrogens with zero attached hydrogens (tertiary/aromatic N) is 3. The number of carbonyl (C=O) groups is 4. The Morgan fingerprint density at radius 2 is 1.60 bits per heavy atom. The molecule has 0 radical (unpaired) electrons. The van der Waals surface area contributed by atoms with E-state index in [9.17, 15) is 29.4 Å². The summed E-state index contributed by atoms with van der Waals surface area (Å²) in [6.07, 6.45) is -4.67. The van der Waals surface area contributed by atoms with E-state index in [1.165, 1.54) is 13.8 Å². The number of Topliss-reactive ketones (excluding diaryl/α,β-unsaturated/α-hetero) is 2. The van der Waals surface area contributed by atoms with Crippen LogP contribution in [0.25, 0.3) is 0 Å². The van der Waals surface area contributed by atoms with Crippen molar-refractivity contribution in [3.63, 3.8) is 0 Å². The van der Waals surface area contributed by atoms with Gasteiger partial charge in [0.2, 0.25) is 0 Å². The molecule has 0 spiro atoms. The molecule has 13 atom stereocenters. The lowest BCUT2D eigenvalue weighted by Crippen LogP contribution is -2.65. The second-order valence-corrected chi connectivity index (χ2v) is 16.8. The molecule has 296 valence electrons. The molecule has 0 unspecified atom stereocenters. The average Bonchev–Trinajstić information content (AvgIpc) is 3.35. The van der Waals surface area contributed by atoms with E-state index in [1.54, 1.807) is 32.6 Å². The topological polar surface area (TPSA) is 155 Å². The van der Waals surface area contributed by atoms with Crippen molar-refractivity contribution in [3.8, 4) is 0 Å². The summed E-state index contributed by atoms with van der Waals surface area (Å²) in [4.78, 5) is 62.1. The molecule has 4 aliphatic rings. The molecule has 0 bridgehead atoms. The van der Waals surface area contributed by atoms with Crippen molar-refractivity contribution in [1.82, 2.24) is 14.7 Å². The van der Waals surface area contributed by atoms with E-state index >= 15 is 0 Å². The predicted octanol–water partition coefficient (Wildman–Crippen LogP) is 3.42. The summed E-state index contributed by atoms with van der Waals surface area (Å²) < 4.78 is 24.7. The predicted molar refractivity (Wildman–Crippen MR) is 195 cm³/mol. The molecule has 13 heteroatoms. The quantitative estimate of drug-likeness (QED) is 0.311. The number of carbonyl (C=O) groups excluding carboxylic acids is 4. The molecule has 1 aromatic carbocycles. The van der Waals surface area contributed by atoms with Gasteiger partial charge in [0.15, 0.2) is 17.7 Å². The van der Waals surface area contributed by atoms with Crippen LogP contribution in [0.4, 0.5) is 4.79 Å². The smallest absolute Gasteiger partial charge is 0.411 e. The van der Waals surface area contributed by atoms with E-state index in [1.807, 2.05) is 51.0 Å². The molecule has 2 N–H and O–H groups in total. The highest BCUT2D eigenvalue weighted by atomic mass is 16.7. The monoisotopic (exact) mass is 743 g/mol. The van der Waals surface area contributed by atoms with Crippen molar-refractivity contribution in [1.29, 1.82) is 0 Å². The molecule has 13 nitrogen and oxygen atoms in total. The van der Waals surface area contributed by atoms with Crippen molar-refractivity contribution >= 4 is 23.6 Å². The number of ketones is 2. The van der Waals surface area contributed by atoms with Crippen molar-refractivity contribution < 1.29 is 48.3 Å². The number of esters is 1. The summed E-state index contributed by atoms with van der Waals surface area (Å²) in [7, 11) is 3.69. The number of cyclic esters (lactones) is 1. The highest BCUT2D eigenvalue weighted by molar-refractivity contribution is 6.00. The number of ether oxygens (including phenoxy) is 4. The minimum absolute atomic E-state index is 0.101. The highest BCUT2D eigenvalue weighted by Crippen LogP contribution is 2.44. The van der Waals surface area contributed by atoms with Gasteiger partial charge in [-0.15, -0.1) is 0 Å². The molecular weight excluding hydrogens is 682 g/mol. The Bertz CT molecular complexity index is 1480. The summed E-state index contributed by atoms with van der Waals surface area (Å²) >= 11 is 0. The number of hydrogen-bond donors (Lipinski definition) is 2. The van der Waals surface area contributed by atoms with Crippen LogP contribution in [0, 0.1) is 23.7 Å². The summed E-state index contributed by atoms with van der Waals surface area (Å²) in [5.41, 5.74) is -2.05. The van der Waals surface area contributed by atoms with Crippen molar-refractivity contribution in [2.24, 2.45) is 23.7 Å². The first-order valence-electron chi connectivity index (χ1n) is 19.2. The van der Waals surface area contributed by atoms with Gasteiger partial charge in [-0.3, -0.25) is 24.2 Å². The third-order valence-electron chi connectivity index (χ3n) is 12.2. The van der Waals surface area contributed by atoms with Crippen LogP contribution < -0.4 is 0 Å². The fourth-order valence-electron chi connectivity index (χ4n) is 9.30. The molecule has 5 rings (SSSR count). The number of likely N-dealkylation sites (N-methyl/N-ethyl adjacent to an activating group) is 1. The lowest BCUT2D eigenvalue weighted by molar-refractivity contribution is -0.293. The van der Waals surface area contributed by atoms with Gasteiger partial charge in [-0.25, -0.2) is 4.79 Å². The van der Waals surface area contributed by atoms with Crippen LogP contribution in [0.5, 0.6) is 0 Å². The number of aliphatic hydroxyl groups excluding tert-OH is 1. The largest absolute Gasteiger partial charge is 0.458 e. The molecule has 4 fully saturated rings. The summed E-state index contributed by atoms with van der Waals surface area (Å²) in [5, 5.41) is 23.5. The first-order chi connectivity index (χ1) is 24.8. The van der Waals surface area contributed by atoms with Crippen molar-refractivity contribution in [3.05, 3.63) is 35.9 Å². The van der Waals surface area contributed by atoms with E-state index in [0.29, 0.717) is 26.1 Å². The maximum atomic E-state index is 14.5. The maximum absolute atomic E-state index is 14.5. The second-order valence-electron chi connectivity index (χ2n) is 16.8. The fraction of sp³-hybridized carbons (Fsp3) is 0.750. The molecule has 1 aromatic rings. The second kappa shape index (κ2) is 16.0. The molecule has 4 saturated heterocycles. The zero-order chi connectivity index (χ0) is 39.2. The van der Waals surface area contributed by atoms with Crippen LogP contribution in [0.2, 0.25) is 0 Å². The molecule has 0 aromatic heterocycles. The summed E-state index contributed by atoms with van der Waals surface area (Å²) in [6, 6.07) is 8.69. The van der Waals surface area contributed by atoms with Crippen LogP contribution in [-0.4, -0.2) is 136 Å². The van der Waals surface area contributed by atoms with E-state index in [-0.39, 0.29) is 36.8 Å². The Morgan fingerprint density at radius 3 is 2.21 bits per heavy atom. The SMILES string of the molecule is CC[C@H]1OC(=O)[C@H](C)C(=O)[C@H](C)[C@@H](O[C@@H]2O[C@H](C)C[C@H](N(C)C)[C@H]2O)[C@](C)(O)C[C@@H](C)C(=O)[C@H](C)[C@H]2N(C3CN(Cc4ccccc4)C3)C(=O)O[C@]12C. The zero-order valence-electron chi connectivity index (χ0n) is 33.1. The lowest BCUT2D eigenvalue weighted by Gasteiger charge is -2.48. The molecule has 0 saturated carbocycles. The molecular formula is C40H61N3O10. The maximum Gasteiger partial charge on any atom is 0.411 e. The van der Waals surface area contributed by atoms with Gasteiger partial charge in [0.1, 0.15) is 23.9 Å². The first-order valence-corrected chi connectivity index (χ1v) is 19.2. The number of likely N-dealkylation sites (tertiary alicyclic amines) is 1. The minimum atomic E-state index is -1.79. The Kier molecular flexibility index (Phi) is 12.5. The standard InChI is InChI=1S/C40H61N3O10/c1-11-30-40(8)34(43(38(48)53-40)28-20-42(21-28)19-27-15-13-12-14-16-27)24(4)31(44)22(2)18-39(7,49)35(25(5)32(45)26(6)36(47)51-30)52-37-33(46)29(41(9)10)17-23(3)50-37/h12-16,22-26,28-30,33-35,37,46,49H,11,17-21H2,1-10H3/t22-,23-,24+,25+,26-,29+,30-,33-,34-,35-,37+,39-,40-/m1/s1. The molecule has 4 aliphatic heterocycles. The van der Waals surface area contributed by atoms with Crippen LogP contribution in [0.1, 0.15) is 80.2 Å². The van der Waals surface area contributed by atoms with Gasteiger partial charge in [0.05, 0.1) is 29.9 Å². The number of hydrogen-bond acceptors (Lipinski definition) is 12. The van der Waals surface area contributed by atoms with Crippen LogP contribution >= 0.6 is 0 Å². The molecule has 53 heavy (non-hydrogen) atoms. The van der Waals surface area contributed by atoms with E-state index in [2.05, 4.69) is 17.0 Å². The Hall–Kier alpha value is -2.94. The van der Waals surface area contributed by atoms with Gasteiger partial charge in [-0.2, -0.15) is 0 Å². The van der Waals surface area contributed by atoms with Gasteiger partial charge >= 0.3 is 12.1 Å². The molecule has 1 amide bonds. The lowest BCUT2D eigenvalue weighted by atomic mass is 9.73. The van der Waals surface area contributed by atoms with E-state index in [0.717, 1.165) is 5.56 Å². The average molecular weight is 744 g/mol. The highest BCUT2D eigenvalue weighted by Gasteiger charge is 2.62. The third-order valence-corrected chi connectivity index (χ3v) is 12.2. The van der Waals surface area contributed by atoms with Gasteiger partial charge in [-0.05, 0) is 66.6 Å². The van der Waals surface area contributed by atoms with E-state index < -0.39 is 83.4 Å². The normalized spacial score (nSPS) is 41.1. The number of aliphatic hydroxyl groups is 2. The number of benzene rings is 1. The minimum Gasteiger partial charge on any atom is -0.458 e. The third kappa shape index (κ3) is 8.21. The fourth-order valence-corrected chi connectivity index (χ4v) is 9.30. The van der Waals surface area contributed by atoms with Gasteiger partial charge in [0.25, 0.3) is 0 Å². The van der Waals surface area contributed by atoms with Gasteiger partial charge in [0, 0.05) is 43.4 Å². The molecule has 0 aliphatic carbocycles. The van der Waals surface area contributed by atoms with E-state index in [4.69, 9.17) is 18.9 Å². The van der Waals surface area contributed by atoms with Crippen LogP contribution in [0.3, 0.4) is 0 Å². The number of fused-ring (bicyclic) bond motifs is 1. The molecule has 4 heterocycles. The van der Waals surface area contributed by atoms with Crippen molar-refractivity contribution in [2.45, 2.75) is 141 Å². The number of rotatable bonds is 7. The Morgan fingerprint density at radius 1 is 0.962 bits per heavy atom. The van der Waals surface area contributed by atoms with Gasteiger partial charge in [-0.1, -0.05) is 58.0 Å². The van der Waals surface area contributed by atoms with Crippen LogP contribution in [-0.2, 0) is 39.9 Å². The Balaban J connectivity index is 1.48. The summed E-state index contributed by atoms with van der Waals surface area (Å²) in [5.74, 6) is -5.43. The first kappa shape index (κ1) is 41.2. The Labute approximate surface area is 314 Å². The summed E-state index contributed by atoms with van der Waals surface area (Å²) in [6.45, 7) is 15.3. The van der Waals surface area contributed by atoms with Gasteiger partial charge < -0.3 is 34.1 Å².